The Bertz CT molecular complexity index is 477. The van der Waals surface area contributed by atoms with Crippen LogP contribution in [0.15, 0.2) is 24.3 Å². The minimum atomic E-state index is -1.06. The van der Waals surface area contributed by atoms with Gasteiger partial charge in [-0.05, 0) is 23.6 Å². The molecule has 0 fully saturated rings. The van der Waals surface area contributed by atoms with Crippen LogP contribution in [-0.4, -0.2) is 35.1 Å². The van der Waals surface area contributed by atoms with Gasteiger partial charge in [0.15, 0.2) is 0 Å². The largest absolute Gasteiger partial charge is 0.480 e. The fourth-order valence-corrected chi connectivity index (χ4v) is 1.76. The number of hydrogen-bond donors (Lipinski definition) is 2. The number of carboxylic acids is 1. The van der Waals surface area contributed by atoms with Crippen LogP contribution >= 0.6 is 0 Å². The van der Waals surface area contributed by atoms with E-state index in [4.69, 9.17) is 5.11 Å². The van der Waals surface area contributed by atoms with Gasteiger partial charge in [0.2, 0.25) is 0 Å². The Morgan fingerprint density at radius 2 is 2.10 bits per heavy atom. The molecule has 1 aromatic rings. The summed E-state index contributed by atoms with van der Waals surface area (Å²) in [5, 5.41) is 11.4. The van der Waals surface area contributed by atoms with Crippen LogP contribution in [-0.2, 0) is 11.3 Å². The van der Waals surface area contributed by atoms with Crippen LogP contribution in [0.1, 0.15) is 19.4 Å². The molecular formula is C14H19FN2O3. The van der Waals surface area contributed by atoms with Gasteiger partial charge in [0.05, 0.1) is 0 Å². The third kappa shape index (κ3) is 5.69. The van der Waals surface area contributed by atoms with Crippen molar-refractivity contribution in [3.05, 3.63) is 35.6 Å². The monoisotopic (exact) mass is 282 g/mol. The highest BCUT2D eigenvalue weighted by Crippen LogP contribution is 2.04. The van der Waals surface area contributed by atoms with Gasteiger partial charge in [-0.15, -0.1) is 0 Å². The summed E-state index contributed by atoms with van der Waals surface area (Å²) in [5.41, 5.74) is 0.623. The van der Waals surface area contributed by atoms with E-state index < -0.39 is 12.0 Å². The zero-order valence-corrected chi connectivity index (χ0v) is 11.6. The van der Waals surface area contributed by atoms with Gasteiger partial charge in [-0.2, -0.15) is 0 Å². The highest BCUT2D eigenvalue weighted by Gasteiger charge is 2.17. The van der Waals surface area contributed by atoms with Gasteiger partial charge in [-0.3, -0.25) is 4.79 Å². The molecule has 0 spiro atoms. The molecule has 1 rings (SSSR count). The molecule has 2 N–H and O–H groups in total. The van der Waals surface area contributed by atoms with Crippen molar-refractivity contribution in [2.45, 2.75) is 20.4 Å². The van der Waals surface area contributed by atoms with E-state index in [0.717, 1.165) is 0 Å². The Balaban J connectivity index is 2.59. The normalized spacial score (nSPS) is 10.4. The Morgan fingerprint density at radius 3 is 2.65 bits per heavy atom. The summed E-state index contributed by atoms with van der Waals surface area (Å²) in [7, 11) is 0. The van der Waals surface area contributed by atoms with Gasteiger partial charge in [-0.25, -0.2) is 9.18 Å². The number of carbonyl (C=O) groups is 2. The predicted octanol–water partition coefficient (Wildman–Crippen LogP) is 2.08. The maximum Gasteiger partial charge on any atom is 0.323 e. The van der Waals surface area contributed by atoms with Crippen LogP contribution in [0.4, 0.5) is 9.18 Å². The van der Waals surface area contributed by atoms with Crippen molar-refractivity contribution in [3.63, 3.8) is 0 Å². The summed E-state index contributed by atoms with van der Waals surface area (Å²) < 4.78 is 13.0. The molecule has 0 aliphatic heterocycles. The Morgan fingerprint density at radius 1 is 1.40 bits per heavy atom. The van der Waals surface area contributed by atoms with E-state index in [2.05, 4.69) is 5.32 Å². The third-order valence-corrected chi connectivity index (χ3v) is 2.53. The highest BCUT2D eigenvalue weighted by molar-refractivity contribution is 5.80. The number of rotatable bonds is 6. The predicted molar refractivity (Wildman–Crippen MR) is 72.7 cm³/mol. The summed E-state index contributed by atoms with van der Waals surface area (Å²) in [6, 6.07) is 5.42. The quantitative estimate of drug-likeness (QED) is 0.839. The number of carboxylic acid groups (broad SMARTS) is 1. The summed E-state index contributed by atoms with van der Waals surface area (Å²) in [4.78, 5) is 23.9. The standard InChI is InChI=1S/C14H19FN2O3/c1-10(2)8-17(9-13(18)19)14(20)16-7-11-4-3-5-12(15)6-11/h3-6,10H,7-9H2,1-2H3,(H,16,20)(H,18,19). The Labute approximate surface area is 117 Å². The molecule has 0 unspecified atom stereocenters. The molecule has 20 heavy (non-hydrogen) atoms. The molecule has 0 heterocycles. The first-order valence-corrected chi connectivity index (χ1v) is 6.37. The van der Waals surface area contributed by atoms with Crippen LogP contribution in [0.2, 0.25) is 0 Å². The number of urea groups is 1. The Hall–Kier alpha value is -2.11. The van der Waals surface area contributed by atoms with Gasteiger partial charge in [0, 0.05) is 13.1 Å². The van der Waals surface area contributed by atoms with E-state index in [-0.39, 0.29) is 24.8 Å². The van der Waals surface area contributed by atoms with E-state index in [1.165, 1.54) is 17.0 Å². The lowest BCUT2D eigenvalue weighted by atomic mass is 10.2. The second kappa shape index (κ2) is 7.47. The van der Waals surface area contributed by atoms with Crippen LogP contribution in [0.25, 0.3) is 0 Å². The number of nitrogens with one attached hydrogen (secondary N) is 1. The molecule has 0 aliphatic rings. The molecule has 0 saturated heterocycles. The molecule has 0 bridgehead atoms. The topological polar surface area (TPSA) is 69.6 Å². The molecule has 1 aromatic carbocycles. The smallest absolute Gasteiger partial charge is 0.323 e. The van der Waals surface area contributed by atoms with Crippen LogP contribution < -0.4 is 5.32 Å². The van der Waals surface area contributed by atoms with Crippen molar-refractivity contribution < 1.29 is 19.1 Å². The summed E-state index contributed by atoms with van der Waals surface area (Å²) >= 11 is 0. The van der Waals surface area contributed by atoms with Gasteiger partial charge in [0.1, 0.15) is 12.4 Å². The molecule has 0 aliphatic carbocycles. The average Bonchev–Trinajstić information content (AvgIpc) is 2.34. The van der Waals surface area contributed by atoms with E-state index in [1.54, 1.807) is 12.1 Å². The Kier molecular flexibility index (Phi) is 5.96. The number of nitrogens with zero attached hydrogens (tertiary/aromatic N) is 1. The maximum absolute atomic E-state index is 13.0. The van der Waals surface area contributed by atoms with Crippen molar-refractivity contribution in [1.82, 2.24) is 10.2 Å². The minimum absolute atomic E-state index is 0.158. The molecule has 5 nitrogen and oxygen atoms in total. The zero-order chi connectivity index (χ0) is 15.1. The average molecular weight is 282 g/mol. The number of aliphatic carboxylic acids is 1. The molecule has 110 valence electrons. The van der Waals surface area contributed by atoms with Gasteiger partial charge >= 0.3 is 12.0 Å². The molecule has 0 aromatic heterocycles. The first-order chi connectivity index (χ1) is 9.38. The number of benzene rings is 1. The van der Waals surface area contributed by atoms with E-state index >= 15 is 0 Å². The maximum atomic E-state index is 13.0. The number of hydrogen-bond acceptors (Lipinski definition) is 2. The second-order valence-electron chi connectivity index (χ2n) is 4.96. The number of halogens is 1. The summed E-state index contributed by atoms with van der Waals surface area (Å²) in [6.07, 6.45) is 0. The van der Waals surface area contributed by atoms with E-state index in [0.29, 0.717) is 12.1 Å². The van der Waals surface area contributed by atoms with Crippen LogP contribution in [0.5, 0.6) is 0 Å². The second-order valence-corrected chi connectivity index (χ2v) is 4.96. The fraction of sp³-hybridized carbons (Fsp3) is 0.429. The van der Waals surface area contributed by atoms with E-state index in [9.17, 15) is 14.0 Å². The van der Waals surface area contributed by atoms with Gasteiger partial charge in [0.25, 0.3) is 0 Å². The van der Waals surface area contributed by atoms with Crippen molar-refractivity contribution in [2.24, 2.45) is 5.92 Å². The van der Waals surface area contributed by atoms with Crippen molar-refractivity contribution in [2.75, 3.05) is 13.1 Å². The van der Waals surface area contributed by atoms with E-state index in [1.807, 2.05) is 13.8 Å². The van der Waals surface area contributed by atoms with Gasteiger partial charge in [-0.1, -0.05) is 26.0 Å². The highest BCUT2D eigenvalue weighted by atomic mass is 19.1. The first kappa shape index (κ1) is 15.9. The molecule has 2 amide bonds. The molecule has 0 radical (unpaired) electrons. The van der Waals surface area contributed by atoms with Crippen molar-refractivity contribution >= 4 is 12.0 Å². The molecule has 6 heteroatoms. The summed E-state index contributed by atoms with van der Waals surface area (Å²) in [5.74, 6) is -1.28. The SMILES string of the molecule is CC(C)CN(CC(=O)O)C(=O)NCc1cccc(F)c1. The lowest BCUT2D eigenvalue weighted by Crippen LogP contribution is -2.44. The zero-order valence-electron chi connectivity index (χ0n) is 11.6. The fourth-order valence-electron chi connectivity index (χ4n) is 1.76. The van der Waals surface area contributed by atoms with Crippen LogP contribution in [0.3, 0.4) is 0 Å². The lowest BCUT2D eigenvalue weighted by Gasteiger charge is -2.23. The molecule has 0 saturated carbocycles. The number of amides is 2. The minimum Gasteiger partial charge on any atom is -0.480 e. The summed E-state index contributed by atoms with van der Waals surface area (Å²) in [6.45, 7) is 3.95. The third-order valence-electron chi connectivity index (χ3n) is 2.53. The lowest BCUT2D eigenvalue weighted by molar-refractivity contribution is -0.137. The molecule has 0 atom stereocenters. The van der Waals surface area contributed by atoms with Crippen molar-refractivity contribution in [3.8, 4) is 0 Å². The van der Waals surface area contributed by atoms with Crippen molar-refractivity contribution in [1.29, 1.82) is 0 Å². The number of carbonyl (C=O) groups excluding carboxylic acids is 1. The molecular weight excluding hydrogens is 263 g/mol. The van der Waals surface area contributed by atoms with Crippen LogP contribution in [0, 0.1) is 11.7 Å². The first-order valence-electron chi connectivity index (χ1n) is 6.37. The van der Waals surface area contributed by atoms with Gasteiger partial charge < -0.3 is 15.3 Å².